The molecule has 33 heavy (non-hydrogen) atoms. The van der Waals surface area contributed by atoms with Gasteiger partial charge in [0, 0.05) is 31.1 Å². The van der Waals surface area contributed by atoms with Gasteiger partial charge in [0.25, 0.3) is 5.69 Å². The molecule has 0 aromatic heterocycles. The zero-order valence-electron chi connectivity index (χ0n) is 20.8. The van der Waals surface area contributed by atoms with Crippen molar-refractivity contribution in [3.8, 4) is 0 Å². The van der Waals surface area contributed by atoms with Crippen LogP contribution in [0.1, 0.15) is 54.0 Å². The van der Waals surface area contributed by atoms with Crippen molar-refractivity contribution in [1.82, 2.24) is 16.0 Å². The number of benzene rings is 1. The lowest BCUT2D eigenvalue weighted by molar-refractivity contribution is -0.384. The van der Waals surface area contributed by atoms with Gasteiger partial charge in [0.2, 0.25) is 5.91 Å². The topological polar surface area (TPSA) is 115 Å². The van der Waals surface area contributed by atoms with Crippen molar-refractivity contribution < 1.29 is 19.2 Å². The summed E-state index contributed by atoms with van der Waals surface area (Å²) in [5.41, 5.74) is -0.106. The van der Waals surface area contributed by atoms with Crippen molar-refractivity contribution >= 4 is 11.6 Å². The summed E-state index contributed by atoms with van der Waals surface area (Å²) in [7, 11) is 0. The number of amides is 1. The van der Waals surface area contributed by atoms with Gasteiger partial charge >= 0.3 is 0 Å². The lowest BCUT2D eigenvalue weighted by Gasteiger charge is -2.28. The highest BCUT2D eigenvalue weighted by Crippen LogP contribution is 2.15. The number of ether oxygens (including phenoxy) is 2. The maximum Gasteiger partial charge on any atom is 0.269 e. The van der Waals surface area contributed by atoms with E-state index in [0.717, 1.165) is 5.56 Å². The second-order valence-electron chi connectivity index (χ2n) is 9.89. The molecule has 0 aliphatic rings. The lowest BCUT2D eigenvalue weighted by atomic mass is 10.0. The molecule has 0 aliphatic heterocycles. The normalized spacial score (nSPS) is 13.3. The van der Waals surface area contributed by atoms with Gasteiger partial charge in [-0.1, -0.05) is 12.1 Å². The van der Waals surface area contributed by atoms with Crippen molar-refractivity contribution in [3.63, 3.8) is 0 Å². The predicted molar refractivity (Wildman–Crippen MR) is 129 cm³/mol. The van der Waals surface area contributed by atoms with Gasteiger partial charge in [-0.25, -0.2) is 0 Å². The van der Waals surface area contributed by atoms with Crippen LogP contribution in [0.5, 0.6) is 0 Å². The second kappa shape index (κ2) is 11.6. The quantitative estimate of drug-likeness (QED) is 0.246. The Morgan fingerprint density at radius 1 is 1.00 bits per heavy atom. The van der Waals surface area contributed by atoms with Gasteiger partial charge in [0.15, 0.2) is 11.8 Å². The molecule has 3 N–H and O–H groups in total. The minimum Gasteiger partial charge on any atom is -0.474 e. The SMILES string of the molecule is C=C(N[C@@H](Cc1ccc([N+](=O)[O-])cc1)C(=O)NC[C@H](C)NC(=C)OC(C)(C)C)OC(C)(C)C. The molecule has 0 spiro atoms. The predicted octanol–water partition coefficient (Wildman–Crippen LogP) is 3.76. The molecule has 0 fully saturated rings. The van der Waals surface area contributed by atoms with Crippen molar-refractivity contribution in [2.45, 2.75) is 78.2 Å². The molecule has 0 bridgehead atoms. The van der Waals surface area contributed by atoms with Crippen LogP contribution >= 0.6 is 0 Å². The first-order valence-electron chi connectivity index (χ1n) is 10.9. The van der Waals surface area contributed by atoms with Crippen molar-refractivity contribution in [1.29, 1.82) is 0 Å². The molecule has 0 saturated carbocycles. The molecule has 9 heteroatoms. The van der Waals surface area contributed by atoms with Gasteiger partial charge in [0.1, 0.15) is 17.2 Å². The summed E-state index contributed by atoms with van der Waals surface area (Å²) in [5, 5.41) is 19.9. The summed E-state index contributed by atoms with van der Waals surface area (Å²) in [5.74, 6) is 0.433. The Kier molecular flexibility index (Phi) is 9.76. The number of carbonyl (C=O) groups is 1. The number of nitrogens with one attached hydrogen (secondary N) is 3. The van der Waals surface area contributed by atoms with Crippen LogP contribution in [0, 0.1) is 10.1 Å². The summed E-state index contributed by atoms with van der Waals surface area (Å²) in [6.07, 6.45) is 0.290. The van der Waals surface area contributed by atoms with Crippen LogP contribution in [0.3, 0.4) is 0 Å². The van der Waals surface area contributed by atoms with Crippen molar-refractivity contribution in [2.75, 3.05) is 6.54 Å². The standard InChI is InChI=1S/C24H38N4O5/c1-16(26-17(2)32-23(4,5)6)15-25-22(29)21(27-18(3)33-24(7,8)9)14-19-10-12-20(13-11-19)28(30)31/h10-13,16,21,26-27H,2-3,14-15H2,1,4-9H3,(H,25,29)/t16-,21-/m0/s1. The Bertz CT molecular complexity index is 838. The molecule has 1 rings (SSSR count). The second-order valence-corrected chi connectivity index (χ2v) is 9.89. The number of hydrogen-bond acceptors (Lipinski definition) is 7. The van der Waals surface area contributed by atoms with Gasteiger partial charge in [-0.3, -0.25) is 14.9 Å². The highest BCUT2D eigenvalue weighted by Gasteiger charge is 2.23. The van der Waals surface area contributed by atoms with Gasteiger partial charge < -0.3 is 25.4 Å². The Labute approximate surface area is 196 Å². The third-order valence-electron chi connectivity index (χ3n) is 4.09. The highest BCUT2D eigenvalue weighted by molar-refractivity contribution is 5.82. The summed E-state index contributed by atoms with van der Waals surface area (Å²) in [6.45, 7) is 21.4. The molecule has 1 amide bonds. The van der Waals surface area contributed by atoms with Crippen LogP contribution in [0.4, 0.5) is 5.69 Å². The zero-order chi connectivity index (χ0) is 25.4. The van der Waals surface area contributed by atoms with E-state index in [-0.39, 0.29) is 35.5 Å². The highest BCUT2D eigenvalue weighted by atomic mass is 16.6. The van der Waals surface area contributed by atoms with Crippen LogP contribution in [-0.2, 0) is 20.7 Å². The van der Waals surface area contributed by atoms with Crippen molar-refractivity contribution in [2.24, 2.45) is 0 Å². The Balaban J connectivity index is 2.82. The lowest BCUT2D eigenvalue weighted by Crippen LogP contribution is -2.49. The molecule has 2 atom stereocenters. The molecule has 0 saturated heterocycles. The largest absolute Gasteiger partial charge is 0.474 e. The summed E-state index contributed by atoms with van der Waals surface area (Å²) in [6, 6.07) is 5.27. The van der Waals surface area contributed by atoms with E-state index in [1.54, 1.807) is 12.1 Å². The Morgan fingerprint density at radius 2 is 1.48 bits per heavy atom. The van der Waals surface area contributed by atoms with Gasteiger partial charge in [0.05, 0.1) is 4.92 Å². The van der Waals surface area contributed by atoms with Crippen LogP contribution in [-0.4, -0.2) is 40.7 Å². The van der Waals surface area contributed by atoms with E-state index in [9.17, 15) is 14.9 Å². The third kappa shape index (κ3) is 11.8. The maximum atomic E-state index is 13.0. The Morgan fingerprint density at radius 3 is 1.94 bits per heavy atom. The average molecular weight is 463 g/mol. The fourth-order valence-electron chi connectivity index (χ4n) is 2.89. The van der Waals surface area contributed by atoms with Crippen LogP contribution < -0.4 is 16.0 Å². The number of hydrogen-bond donors (Lipinski definition) is 3. The van der Waals surface area contributed by atoms with E-state index in [1.165, 1.54) is 12.1 Å². The number of non-ortho nitro benzene ring substituents is 1. The van der Waals surface area contributed by atoms with Gasteiger partial charge in [-0.05, 0) is 67.2 Å². The molecular formula is C24H38N4O5. The summed E-state index contributed by atoms with van der Waals surface area (Å²) >= 11 is 0. The van der Waals surface area contributed by atoms with Crippen molar-refractivity contribution in [3.05, 3.63) is 64.9 Å². The molecule has 0 heterocycles. The van der Waals surface area contributed by atoms with E-state index in [0.29, 0.717) is 12.4 Å². The van der Waals surface area contributed by atoms with Gasteiger partial charge in [-0.2, -0.15) is 0 Å². The zero-order valence-corrected chi connectivity index (χ0v) is 20.8. The fourth-order valence-corrected chi connectivity index (χ4v) is 2.89. The van der Waals surface area contributed by atoms with E-state index < -0.39 is 16.6 Å². The summed E-state index contributed by atoms with van der Waals surface area (Å²) < 4.78 is 11.4. The van der Waals surface area contributed by atoms with E-state index in [2.05, 4.69) is 29.1 Å². The molecule has 184 valence electrons. The van der Waals surface area contributed by atoms with Crippen LogP contribution in [0.2, 0.25) is 0 Å². The Hall–Kier alpha value is -3.23. The van der Waals surface area contributed by atoms with Crippen LogP contribution in [0.25, 0.3) is 0 Å². The number of carbonyl (C=O) groups excluding carboxylic acids is 1. The fraction of sp³-hybridized carbons (Fsp3) is 0.542. The summed E-state index contributed by atoms with van der Waals surface area (Å²) in [4.78, 5) is 23.4. The monoisotopic (exact) mass is 462 g/mol. The van der Waals surface area contributed by atoms with E-state index >= 15 is 0 Å². The number of nitro benzene ring substituents is 1. The van der Waals surface area contributed by atoms with E-state index in [4.69, 9.17) is 9.47 Å². The smallest absolute Gasteiger partial charge is 0.269 e. The molecule has 9 nitrogen and oxygen atoms in total. The average Bonchev–Trinajstić information content (AvgIpc) is 2.62. The molecule has 1 aromatic rings. The molecule has 1 aromatic carbocycles. The van der Waals surface area contributed by atoms with Crippen LogP contribution in [0.15, 0.2) is 49.2 Å². The first kappa shape index (κ1) is 27.8. The number of rotatable bonds is 12. The first-order chi connectivity index (χ1) is 15.1. The number of nitro groups is 1. The minimum atomic E-state index is -0.692. The minimum absolute atomic E-state index is 0.00853. The third-order valence-corrected chi connectivity index (χ3v) is 4.09. The molecular weight excluding hydrogens is 424 g/mol. The maximum absolute atomic E-state index is 13.0. The molecule has 0 unspecified atom stereocenters. The first-order valence-corrected chi connectivity index (χ1v) is 10.9. The van der Waals surface area contributed by atoms with E-state index in [1.807, 2.05) is 48.5 Å². The number of nitrogens with zero attached hydrogens (tertiary/aromatic N) is 1. The van der Waals surface area contributed by atoms with Gasteiger partial charge in [-0.15, -0.1) is 0 Å². The molecule has 0 aliphatic carbocycles. The molecule has 0 radical (unpaired) electrons.